The van der Waals surface area contributed by atoms with Crippen molar-refractivity contribution >= 4 is 17.4 Å². The van der Waals surface area contributed by atoms with E-state index in [9.17, 15) is 4.79 Å². The summed E-state index contributed by atoms with van der Waals surface area (Å²) in [6, 6.07) is 14.1. The van der Waals surface area contributed by atoms with Gasteiger partial charge in [0.1, 0.15) is 11.5 Å². The number of para-hydroxylation sites is 1. The lowest BCUT2D eigenvalue weighted by atomic mass is 10.1. The van der Waals surface area contributed by atoms with Gasteiger partial charge in [0.2, 0.25) is 0 Å². The van der Waals surface area contributed by atoms with Crippen molar-refractivity contribution in [2.75, 3.05) is 43.0 Å². The largest absolute Gasteiger partial charge is 0.354 e. The zero-order valence-corrected chi connectivity index (χ0v) is 14.9. The van der Waals surface area contributed by atoms with Crippen molar-refractivity contribution in [1.82, 2.24) is 9.88 Å². The molecule has 0 N–H and O–H groups in total. The predicted octanol–water partition coefficient (Wildman–Crippen LogP) is 2.42. The predicted molar refractivity (Wildman–Crippen MR) is 100 cm³/mol. The highest BCUT2D eigenvalue weighted by atomic mass is 16.2. The van der Waals surface area contributed by atoms with Crippen molar-refractivity contribution in [3.05, 3.63) is 53.7 Å². The van der Waals surface area contributed by atoms with Gasteiger partial charge in [-0.2, -0.15) is 0 Å². The van der Waals surface area contributed by atoms with E-state index >= 15 is 0 Å². The molecular formula is C20H24N4O. The maximum atomic E-state index is 13.1. The summed E-state index contributed by atoms with van der Waals surface area (Å²) < 4.78 is 0. The van der Waals surface area contributed by atoms with Crippen LogP contribution in [0.3, 0.4) is 0 Å². The van der Waals surface area contributed by atoms with Gasteiger partial charge in [-0.1, -0.05) is 24.3 Å². The third-order valence-corrected chi connectivity index (χ3v) is 5.21. The molecule has 130 valence electrons. The van der Waals surface area contributed by atoms with Gasteiger partial charge >= 0.3 is 0 Å². The van der Waals surface area contributed by atoms with Crippen molar-refractivity contribution in [2.45, 2.75) is 19.4 Å². The number of rotatable bonds is 2. The van der Waals surface area contributed by atoms with Crippen LogP contribution in [-0.4, -0.2) is 55.1 Å². The lowest BCUT2D eigenvalue weighted by Crippen LogP contribution is -2.45. The number of carbonyl (C=O) groups excluding carboxylic acids is 1. The van der Waals surface area contributed by atoms with Crippen LogP contribution in [0.15, 0.2) is 42.5 Å². The maximum Gasteiger partial charge on any atom is 0.277 e. The van der Waals surface area contributed by atoms with Crippen LogP contribution < -0.4 is 9.80 Å². The van der Waals surface area contributed by atoms with Crippen LogP contribution in [0.4, 0.5) is 11.5 Å². The van der Waals surface area contributed by atoms with Gasteiger partial charge in [0.15, 0.2) is 0 Å². The first kappa shape index (κ1) is 16.1. The molecule has 2 aliphatic rings. The van der Waals surface area contributed by atoms with E-state index in [2.05, 4.69) is 34.8 Å². The molecule has 1 unspecified atom stereocenters. The summed E-state index contributed by atoms with van der Waals surface area (Å²) in [6.45, 7) is 6.04. The summed E-state index contributed by atoms with van der Waals surface area (Å²) in [5.74, 6) is 0.896. The molecule has 2 aliphatic heterocycles. The maximum absolute atomic E-state index is 13.1. The van der Waals surface area contributed by atoms with Gasteiger partial charge in [0.25, 0.3) is 5.91 Å². The molecule has 1 amide bonds. The Labute approximate surface area is 148 Å². The Hall–Kier alpha value is -2.40. The number of fused-ring (bicyclic) bond motifs is 1. The Balaban J connectivity index is 1.60. The summed E-state index contributed by atoms with van der Waals surface area (Å²) in [6.07, 6.45) is 0.903. The molecule has 5 nitrogen and oxygen atoms in total. The van der Waals surface area contributed by atoms with E-state index in [0.717, 1.165) is 44.1 Å². The Bertz CT molecular complexity index is 783. The van der Waals surface area contributed by atoms with Crippen molar-refractivity contribution in [2.24, 2.45) is 0 Å². The Morgan fingerprint density at radius 3 is 2.60 bits per heavy atom. The fourth-order valence-electron chi connectivity index (χ4n) is 3.75. The van der Waals surface area contributed by atoms with E-state index in [1.54, 1.807) is 0 Å². The fraction of sp³-hybridized carbons (Fsp3) is 0.400. The molecule has 1 aromatic carbocycles. The first-order valence-corrected chi connectivity index (χ1v) is 8.95. The van der Waals surface area contributed by atoms with Gasteiger partial charge in [0.05, 0.1) is 0 Å². The van der Waals surface area contributed by atoms with Gasteiger partial charge in [-0.25, -0.2) is 4.98 Å². The van der Waals surface area contributed by atoms with Crippen LogP contribution in [0.1, 0.15) is 23.0 Å². The molecule has 0 radical (unpaired) electrons. The molecule has 1 atom stereocenters. The SMILES string of the molecule is CC1Cc2ccccc2N1C(=O)c1cccc(N2CCN(C)CC2)n1. The summed E-state index contributed by atoms with van der Waals surface area (Å²) in [4.78, 5) is 24.3. The molecule has 1 fully saturated rings. The van der Waals surface area contributed by atoms with Crippen LogP contribution >= 0.6 is 0 Å². The summed E-state index contributed by atoms with van der Waals surface area (Å²) in [5, 5.41) is 0. The summed E-state index contributed by atoms with van der Waals surface area (Å²) in [5.41, 5.74) is 2.78. The number of carbonyl (C=O) groups is 1. The quantitative estimate of drug-likeness (QED) is 0.844. The van der Waals surface area contributed by atoms with Crippen LogP contribution in [0.5, 0.6) is 0 Å². The van der Waals surface area contributed by atoms with Crippen LogP contribution in [-0.2, 0) is 6.42 Å². The average Bonchev–Trinajstić information content (AvgIpc) is 2.97. The molecule has 0 bridgehead atoms. The highest BCUT2D eigenvalue weighted by molar-refractivity contribution is 6.06. The van der Waals surface area contributed by atoms with Crippen molar-refractivity contribution in [3.63, 3.8) is 0 Å². The highest BCUT2D eigenvalue weighted by Crippen LogP contribution is 2.33. The summed E-state index contributed by atoms with van der Waals surface area (Å²) in [7, 11) is 2.14. The van der Waals surface area contributed by atoms with Gasteiger partial charge < -0.3 is 14.7 Å². The molecule has 0 spiro atoms. The number of hydrogen-bond acceptors (Lipinski definition) is 4. The smallest absolute Gasteiger partial charge is 0.277 e. The molecule has 4 rings (SSSR count). The first-order chi connectivity index (χ1) is 12.1. The van der Waals surface area contributed by atoms with Gasteiger partial charge in [-0.3, -0.25) is 4.79 Å². The molecule has 25 heavy (non-hydrogen) atoms. The minimum atomic E-state index is -0.00609. The van der Waals surface area contributed by atoms with Crippen LogP contribution in [0, 0.1) is 0 Å². The Morgan fingerprint density at radius 2 is 1.80 bits per heavy atom. The number of nitrogens with zero attached hydrogens (tertiary/aromatic N) is 4. The third-order valence-electron chi connectivity index (χ3n) is 5.21. The van der Waals surface area contributed by atoms with Crippen LogP contribution in [0.25, 0.3) is 0 Å². The second-order valence-corrected chi connectivity index (χ2v) is 7.03. The molecule has 1 aromatic heterocycles. The average molecular weight is 336 g/mol. The third kappa shape index (κ3) is 3.00. The topological polar surface area (TPSA) is 39.7 Å². The van der Waals surface area contributed by atoms with E-state index in [0.29, 0.717) is 5.69 Å². The van der Waals surface area contributed by atoms with E-state index < -0.39 is 0 Å². The second kappa shape index (κ2) is 6.48. The van der Waals surface area contributed by atoms with Gasteiger partial charge in [-0.15, -0.1) is 0 Å². The number of aromatic nitrogens is 1. The lowest BCUT2D eigenvalue weighted by Gasteiger charge is -2.33. The minimum Gasteiger partial charge on any atom is -0.354 e. The number of anilines is 2. The number of benzene rings is 1. The Kier molecular flexibility index (Phi) is 4.17. The molecule has 0 aliphatic carbocycles. The zero-order chi connectivity index (χ0) is 17.4. The number of hydrogen-bond donors (Lipinski definition) is 0. The first-order valence-electron chi connectivity index (χ1n) is 8.95. The molecule has 5 heteroatoms. The number of amides is 1. The second-order valence-electron chi connectivity index (χ2n) is 7.03. The van der Waals surface area contributed by atoms with Gasteiger partial charge in [0, 0.05) is 37.9 Å². The normalized spacial score (nSPS) is 20.6. The minimum absolute atomic E-state index is 0.00609. The number of likely N-dealkylation sites (N-methyl/N-ethyl adjacent to an activating group) is 1. The summed E-state index contributed by atoms with van der Waals surface area (Å²) >= 11 is 0. The van der Waals surface area contributed by atoms with E-state index in [-0.39, 0.29) is 11.9 Å². The van der Waals surface area contributed by atoms with Crippen molar-refractivity contribution < 1.29 is 4.79 Å². The van der Waals surface area contributed by atoms with Crippen molar-refractivity contribution in [3.8, 4) is 0 Å². The van der Waals surface area contributed by atoms with Gasteiger partial charge in [-0.05, 0) is 44.2 Å². The number of pyridine rings is 1. The van der Waals surface area contributed by atoms with Crippen LogP contribution in [0.2, 0.25) is 0 Å². The molecule has 0 saturated carbocycles. The molecule has 1 saturated heterocycles. The standard InChI is InChI=1S/C20H24N4O/c1-15-14-16-6-3-4-8-18(16)24(15)20(25)17-7-5-9-19(21-17)23-12-10-22(2)11-13-23/h3-9,15H,10-14H2,1-2H3. The Morgan fingerprint density at radius 1 is 1.04 bits per heavy atom. The van der Waals surface area contributed by atoms with E-state index in [1.807, 2.05) is 41.3 Å². The van der Waals surface area contributed by atoms with E-state index in [1.165, 1.54) is 5.56 Å². The number of piperazine rings is 1. The molecular weight excluding hydrogens is 312 g/mol. The molecule has 2 aromatic rings. The van der Waals surface area contributed by atoms with Crippen molar-refractivity contribution in [1.29, 1.82) is 0 Å². The monoisotopic (exact) mass is 336 g/mol. The molecule has 3 heterocycles. The fourth-order valence-corrected chi connectivity index (χ4v) is 3.75. The highest BCUT2D eigenvalue weighted by Gasteiger charge is 2.32. The lowest BCUT2D eigenvalue weighted by molar-refractivity contribution is 0.0976. The zero-order valence-electron chi connectivity index (χ0n) is 14.9. The van der Waals surface area contributed by atoms with E-state index in [4.69, 9.17) is 0 Å².